The minimum absolute atomic E-state index is 0.0379. The van der Waals surface area contributed by atoms with E-state index in [0.717, 1.165) is 5.56 Å². The lowest BCUT2D eigenvalue weighted by molar-refractivity contribution is -0.384. The van der Waals surface area contributed by atoms with Gasteiger partial charge in [-0.3, -0.25) is 10.1 Å². The van der Waals surface area contributed by atoms with Gasteiger partial charge >= 0.3 is 5.97 Å². The second-order valence-corrected chi connectivity index (χ2v) is 8.59. The van der Waals surface area contributed by atoms with Crippen LogP contribution in [0.1, 0.15) is 31.0 Å². The number of rotatable bonds is 7. The van der Waals surface area contributed by atoms with E-state index in [1.165, 1.54) is 23.9 Å². The van der Waals surface area contributed by atoms with Crippen LogP contribution in [0.2, 0.25) is 5.02 Å². The van der Waals surface area contributed by atoms with Crippen LogP contribution in [-0.2, 0) is 15.3 Å². The molecule has 2 heterocycles. The van der Waals surface area contributed by atoms with Gasteiger partial charge in [0, 0.05) is 28.6 Å². The fraction of sp³-hybridized carbons (Fsp3) is 0.227. The summed E-state index contributed by atoms with van der Waals surface area (Å²) >= 11 is 7.40. The number of hydrogen-bond donors (Lipinski definition) is 1. The molecule has 0 radical (unpaired) electrons. The first kappa shape index (κ1) is 22.8. The molecule has 0 spiro atoms. The third kappa shape index (κ3) is 4.86. The van der Waals surface area contributed by atoms with Crippen molar-refractivity contribution in [3.8, 4) is 0 Å². The minimum atomic E-state index is -0.640. The molecule has 170 valence electrons. The van der Waals surface area contributed by atoms with E-state index >= 15 is 0 Å². The predicted molar refractivity (Wildman–Crippen MR) is 125 cm³/mol. The van der Waals surface area contributed by atoms with Crippen molar-refractivity contribution >= 4 is 41.0 Å². The van der Waals surface area contributed by atoms with Gasteiger partial charge < -0.3 is 10.1 Å². The molecule has 0 fully saturated rings. The summed E-state index contributed by atoms with van der Waals surface area (Å²) in [7, 11) is 0. The largest absolute Gasteiger partial charge is 0.463 e. The molecular weight excluding hydrogens is 466 g/mol. The molecule has 4 rings (SSSR count). The first-order chi connectivity index (χ1) is 15.9. The number of nitro benzene ring substituents is 1. The first-order valence-electron chi connectivity index (χ1n) is 10.1. The fourth-order valence-electron chi connectivity index (χ4n) is 3.48. The molecule has 11 heteroatoms. The number of carbonyl (C=O) groups is 1. The Morgan fingerprint density at radius 1 is 1.24 bits per heavy atom. The Hall–Kier alpha value is -3.37. The van der Waals surface area contributed by atoms with Crippen LogP contribution < -0.4 is 5.32 Å². The molecule has 2 aromatic carbocycles. The van der Waals surface area contributed by atoms with E-state index in [0.29, 0.717) is 38.7 Å². The first-order valence-corrected chi connectivity index (χ1v) is 11.5. The number of ether oxygens (including phenoxy) is 1. The van der Waals surface area contributed by atoms with Gasteiger partial charge in [-0.05, 0) is 49.2 Å². The topological polar surface area (TPSA) is 112 Å². The minimum Gasteiger partial charge on any atom is -0.463 e. The van der Waals surface area contributed by atoms with Crippen LogP contribution in [0.15, 0.2) is 65.0 Å². The molecule has 1 unspecified atom stereocenters. The summed E-state index contributed by atoms with van der Waals surface area (Å²) < 4.78 is 6.90. The van der Waals surface area contributed by atoms with Crippen LogP contribution in [0.25, 0.3) is 0 Å². The van der Waals surface area contributed by atoms with E-state index in [4.69, 9.17) is 16.3 Å². The molecule has 1 aromatic heterocycles. The van der Waals surface area contributed by atoms with E-state index in [2.05, 4.69) is 15.4 Å². The number of nitrogens with one attached hydrogen (secondary N) is 1. The molecule has 1 N–H and O–H groups in total. The average molecular weight is 486 g/mol. The van der Waals surface area contributed by atoms with Crippen LogP contribution in [0.3, 0.4) is 0 Å². The number of nitro groups is 1. The quantitative estimate of drug-likeness (QED) is 0.216. The average Bonchev–Trinajstić information content (AvgIpc) is 3.20. The number of nitrogens with zero attached hydrogens (tertiary/aromatic N) is 4. The number of esters is 1. The molecule has 1 aliphatic heterocycles. The monoisotopic (exact) mass is 485 g/mol. The summed E-state index contributed by atoms with van der Waals surface area (Å²) in [5.41, 5.74) is 2.65. The Balaban J connectivity index is 1.69. The van der Waals surface area contributed by atoms with Crippen LogP contribution >= 0.6 is 23.4 Å². The number of non-ortho nitro benzene ring substituents is 1. The van der Waals surface area contributed by atoms with Crippen molar-refractivity contribution in [1.82, 2.24) is 14.8 Å². The highest BCUT2D eigenvalue weighted by atomic mass is 35.5. The molecule has 0 saturated heterocycles. The van der Waals surface area contributed by atoms with E-state index in [9.17, 15) is 14.9 Å². The summed E-state index contributed by atoms with van der Waals surface area (Å²) in [5, 5.41) is 20.0. The second-order valence-electron chi connectivity index (χ2n) is 7.21. The Morgan fingerprint density at radius 2 is 1.94 bits per heavy atom. The maximum atomic E-state index is 12.8. The van der Waals surface area contributed by atoms with Gasteiger partial charge in [0.1, 0.15) is 6.04 Å². The van der Waals surface area contributed by atoms with Gasteiger partial charge in [-0.25, -0.2) is 9.48 Å². The molecule has 0 bridgehead atoms. The van der Waals surface area contributed by atoms with Gasteiger partial charge in [-0.15, -0.1) is 5.10 Å². The van der Waals surface area contributed by atoms with Crippen molar-refractivity contribution in [2.45, 2.75) is 30.8 Å². The van der Waals surface area contributed by atoms with E-state index in [1.54, 1.807) is 30.7 Å². The zero-order valence-electron chi connectivity index (χ0n) is 17.8. The van der Waals surface area contributed by atoms with Gasteiger partial charge in [0.25, 0.3) is 5.69 Å². The summed E-state index contributed by atoms with van der Waals surface area (Å²) in [6.07, 6.45) is 0. The third-order valence-electron chi connectivity index (χ3n) is 5.03. The lowest BCUT2D eigenvalue weighted by Crippen LogP contribution is -2.29. The van der Waals surface area contributed by atoms with Crippen molar-refractivity contribution in [1.29, 1.82) is 0 Å². The second kappa shape index (κ2) is 9.63. The summed E-state index contributed by atoms with van der Waals surface area (Å²) in [6.45, 7) is 3.72. The lowest BCUT2D eigenvalue weighted by Gasteiger charge is -2.28. The van der Waals surface area contributed by atoms with E-state index in [-0.39, 0.29) is 12.3 Å². The number of thioether (sulfide) groups is 1. The summed E-state index contributed by atoms with van der Waals surface area (Å²) in [5.74, 6) is 0.629. The number of hydrogen-bond acceptors (Lipinski definition) is 8. The standard InChI is InChI=1S/C22H20ClN5O4S/c1-3-32-20(29)18-13(2)24-21-25-22(33-12-14-4-8-16(23)9-5-14)26-27(21)19(18)15-6-10-17(11-7-15)28(30)31/h4-11,19H,3,12H2,1-2H3,(H,24,25,26). The Morgan fingerprint density at radius 3 is 2.58 bits per heavy atom. The van der Waals surface area contributed by atoms with Gasteiger partial charge in [0.2, 0.25) is 11.1 Å². The van der Waals surface area contributed by atoms with Gasteiger partial charge in [0.05, 0.1) is 17.1 Å². The van der Waals surface area contributed by atoms with Crippen molar-refractivity contribution in [3.05, 3.63) is 86.1 Å². The molecule has 1 aliphatic rings. The number of benzene rings is 2. The highest BCUT2D eigenvalue weighted by Gasteiger charge is 2.35. The number of anilines is 1. The molecule has 9 nitrogen and oxygen atoms in total. The number of aromatic nitrogens is 3. The third-order valence-corrected chi connectivity index (χ3v) is 6.19. The van der Waals surface area contributed by atoms with Crippen molar-refractivity contribution < 1.29 is 14.5 Å². The zero-order chi connectivity index (χ0) is 23.5. The molecule has 1 atom stereocenters. The molecule has 3 aromatic rings. The lowest BCUT2D eigenvalue weighted by atomic mass is 9.95. The normalized spacial score (nSPS) is 15.1. The number of allylic oxidation sites excluding steroid dienone is 1. The zero-order valence-corrected chi connectivity index (χ0v) is 19.4. The number of fused-ring (bicyclic) bond motifs is 1. The molecule has 0 saturated carbocycles. The van der Waals surface area contributed by atoms with Crippen LogP contribution in [-0.4, -0.2) is 32.3 Å². The summed E-state index contributed by atoms with van der Waals surface area (Å²) in [6, 6.07) is 12.9. The van der Waals surface area contributed by atoms with Crippen LogP contribution in [0.4, 0.5) is 11.6 Å². The van der Waals surface area contributed by atoms with E-state index < -0.39 is 16.9 Å². The molecule has 33 heavy (non-hydrogen) atoms. The maximum absolute atomic E-state index is 12.8. The molecular formula is C22H20ClN5O4S. The van der Waals surface area contributed by atoms with Gasteiger partial charge in [0.15, 0.2) is 0 Å². The van der Waals surface area contributed by atoms with Crippen LogP contribution in [0, 0.1) is 10.1 Å². The van der Waals surface area contributed by atoms with Crippen molar-refractivity contribution in [3.63, 3.8) is 0 Å². The highest BCUT2D eigenvalue weighted by molar-refractivity contribution is 7.98. The molecule has 0 aliphatic carbocycles. The van der Waals surface area contributed by atoms with E-state index in [1.807, 2.05) is 24.3 Å². The maximum Gasteiger partial charge on any atom is 0.338 e. The van der Waals surface area contributed by atoms with Crippen LogP contribution in [0.5, 0.6) is 0 Å². The Labute approximate surface area is 199 Å². The number of carbonyl (C=O) groups excluding carboxylic acids is 1. The Kier molecular flexibility index (Phi) is 6.66. The number of halogens is 1. The highest BCUT2D eigenvalue weighted by Crippen LogP contribution is 2.37. The fourth-order valence-corrected chi connectivity index (χ4v) is 4.39. The Bertz CT molecular complexity index is 1220. The van der Waals surface area contributed by atoms with Gasteiger partial charge in [-0.1, -0.05) is 35.5 Å². The summed E-state index contributed by atoms with van der Waals surface area (Å²) in [4.78, 5) is 28.0. The van der Waals surface area contributed by atoms with Gasteiger partial charge in [-0.2, -0.15) is 4.98 Å². The van der Waals surface area contributed by atoms with Crippen molar-refractivity contribution in [2.24, 2.45) is 0 Å². The SMILES string of the molecule is CCOC(=O)C1=C(C)Nc2nc(SCc3ccc(Cl)cc3)nn2C1c1ccc([N+](=O)[O-])cc1. The smallest absolute Gasteiger partial charge is 0.338 e. The van der Waals surface area contributed by atoms with Crippen molar-refractivity contribution in [2.75, 3.05) is 11.9 Å². The predicted octanol–water partition coefficient (Wildman–Crippen LogP) is 4.98. The molecule has 0 amide bonds.